The van der Waals surface area contributed by atoms with Gasteiger partial charge < -0.3 is 19.9 Å². The number of anilines is 3. The number of hydrogen-bond donors (Lipinski definition) is 1. The highest BCUT2D eigenvalue weighted by Crippen LogP contribution is 2.28. The van der Waals surface area contributed by atoms with Crippen LogP contribution in [0.15, 0.2) is 30.5 Å². The molecule has 1 aliphatic heterocycles. The molecule has 24 heavy (non-hydrogen) atoms. The number of methoxy groups -OCH3 is 1. The van der Waals surface area contributed by atoms with E-state index in [1.807, 2.05) is 18.2 Å². The number of rotatable bonds is 5. The van der Waals surface area contributed by atoms with E-state index in [1.165, 1.54) is 0 Å². The van der Waals surface area contributed by atoms with Crippen molar-refractivity contribution < 1.29 is 4.74 Å². The molecule has 1 aromatic heterocycles. The first-order valence-electron chi connectivity index (χ1n) is 8.26. The van der Waals surface area contributed by atoms with Crippen molar-refractivity contribution >= 4 is 17.5 Å². The summed E-state index contributed by atoms with van der Waals surface area (Å²) in [5.74, 6) is 2.36. The monoisotopic (exact) mass is 328 g/mol. The normalized spacial score (nSPS) is 14.8. The summed E-state index contributed by atoms with van der Waals surface area (Å²) in [6.07, 6.45) is 1.73. The number of hydrogen-bond acceptors (Lipinski definition) is 7. The van der Waals surface area contributed by atoms with E-state index in [4.69, 9.17) is 4.74 Å². The Kier molecular flexibility index (Phi) is 4.98. The predicted octanol–water partition coefficient (Wildman–Crippen LogP) is 2.03. The standard InChI is InChI=1S/C17H24N6O/c1-13(2)19-17-20-16(12-18-21-17)23-10-8-22(9-11-23)14-6-4-5-7-15(14)24-3/h4-7,12-13H,8-11H2,1-3H3,(H,19,20,21). The maximum Gasteiger partial charge on any atom is 0.244 e. The van der Waals surface area contributed by atoms with Crippen LogP contribution in [0, 0.1) is 0 Å². The Morgan fingerprint density at radius 3 is 2.50 bits per heavy atom. The molecule has 3 rings (SSSR count). The zero-order chi connectivity index (χ0) is 16.9. The first-order valence-corrected chi connectivity index (χ1v) is 8.26. The molecule has 7 heteroatoms. The van der Waals surface area contributed by atoms with Gasteiger partial charge in [-0.05, 0) is 26.0 Å². The van der Waals surface area contributed by atoms with Gasteiger partial charge in [0.2, 0.25) is 5.95 Å². The number of nitrogens with one attached hydrogen (secondary N) is 1. The van der Waals surface area contributed by atoms with E-state index in [0.29, 0.717) is 5.95 Å². The van der Waals surface area contributed by atoms with Gasteiger partial charge in [0.25, 0.3) is 0 Å². The van der Waals surface area contributed by atoms with Gasteiger partial charge in [0, 0.05) is 32.2 Å². The molecule has 1 fully saturated rings. The third-order valence-corrected chi connectivity index (χ3v) is 3.99. The lowest BCUT2D eigenvalue weighted by Crippen LogP contribution is -2.47. The van der Waals surface area contributed by atoms with Crippen LogP contribution in [0.3, 0.4) is 0 Å². The Balaban J connectivity index is 1.67. The molecule has 0 aliphatic carbocycles. The summed E-state index contributed by atoms with van der Waals surface area (Å²) in [4.78, 5) is 9.15. The highest BCUT2D eigenvalue weighted by atomic mass is 16.5. The number of para-hydroxylation sites is 2. The molecular weight excluding hydrogens is 304 g/mol. The maximum atomic E-state index is 5.47. The fourth-order valence-electron chi connectivity index (χ4n) is 2.83. The van der Waals surface area contributed by atoms with Crippen LogP contribution in [-0.4, -0.2) is 54.5 Å². The van der Waals surface area contributed by atoms with Crippen molar-refractivity contribution in [1.29, 1.82) is 0 Å². The van der Waals surface area contributed by atoms with E-state index in [-0.39, 0.29) is 6.04 Å². The summed E-state index contributed by atoms with van der Waals surface area (Å²) in [5.41, 5.74) is 1.14. The van der Waals surface area contributed by atoms with Gasteiger partial charge >= 0.3 is 0 Å². The van der Waals surface area contributed by atoms with E-state index >= 15 is 0 Å². The first kappa shape index (κ1) is 16.3. The third kappa shape index (κ3) is 3.67. The molecular formula is C17H24N6O. The molecule has 1 aliphatic rings. The molecule has 0 bridgehead atoms. The largest absolute Gasteiger partial charge is 0.495 e. The zero-order valence-electron chi connectivity index (χ0n) is 14.4. The predicted molar refractivity (Wildman–Crippen MR) is 96.0 cm³/mol. The van der Waals surface area contributed by atoms with Crippen LogP contribution in [0.1, 0.15) is 13.8 Å². The van der Waals surface area contributed by atoms with Gasteiger partial charge in [0.1, 0.15) is 5.75 Å². The van der Waals surface area contributed by atoms with E-state index in [0.717, 1.165) is 43.4 Å². The summed E-state index contributed by atoms with van der Waals surface area (Å²) in [7, 11) is 1.71. The van der Waals surface area contributed by atoms with Crippen molar-refractivity contribution in [2.24, 2.45) is 0 Å². The van der Waals surface area contributed by atoms with Gasteiger partial charge in [-0.1, -0.05) is 12.1 Å². The van der Waals surface area contributed by atoms with E-state index in [2.05, 4.69) is 50.2 Å². The van der Waals surface area contributed by atoms with Crippen molar-refractivity contribution in [1.82, 2.24) is 15.2 Å². The van der Waals surface area contributed by atoms with Crippen molar-refractivity contribution in [2.45, 2.75) is 19.9 Å². The molecule has 0 saturated carbocycles. The number of aromatic nitrogens is 3. The molecule has 7 nitrogen and oxygen atoms in total. The fraction of sp³-hybridized carbons (Fsp3) is 0.471. The van der Waals surface area contributed by atoms with Gasteiger partial charge in [-0.2, -0.15) is 10.1 Å². The molecule has 128 valence electrons. The molecule has 1 aromatic carbocycles. The van der Waals surface area contributed by atoms with Crippen LogP contribution in [0.5, 0.6) is 5.75 Å². The van der Waals surface area contributed by atoms with Crippen molar-refractivity contribution in [3.8, 4) is 5.75 Å². The molecule has 0 spiro atoms. The van der Waals surface area contributed by atoms with Gasteiger partial charge in [-0.25, -0.2) is 0 Å². The average molecular weight is 328 g/mol. The van der Waals surface area contributed by atoms with Gasteiger partial charge in [-0.15, -0.1) is 5.10 Å². The molecule has 1 saturated heterocycles. The molecule has 2 aromatic rings. The van der Waals surface area contributed by atoms with Crippen molar-refractivity contribution in [3.05, 3.63) is 30.5 Å². The number of ether oxygens (including phenoxy) is 1. The summed E-state index contributed by atoms with van der Waals surface area (Å²) < 4.78 is 5.47. The lowest BCUT2D eigenvalue weighted by atomic mass is 10.2. The summed E-state index contributed by atoms with van der Waals surface area (Å²) in [6, 6.07) is 8.42. The molecule has 0 radical (unpaired) electrons. The Morgan fingerprint density at radius 2 is 1.79 bits per heavy atom. The van der Waals surface area contributed by atoms with E-state index in [1.54, 1.807) is 13.3 Å². The van der Waals surface area contributed by atoms with Crippen LogP contribution in [0.2, 0.25) is 0 Å². The molecule has 2 heterocycles. The van der Waals surface area contributed by atoms with E-state index in [9.17, 15) is 0 Å². The molecule has 1 N–H and O–H groups in total. The second kappa shape index (κ2) is 7.33. The molecule has 0 unspecified atom stereocenters. The van der Waals surface area contributed by atoms with Crippen molar-refractivity contribution in [3.63, 3.8) is 0 Å². The van der Waals surface area contributed by atoms with Crippen molar-refractivity contribution in [2.75, 3.05) is 48.4 Å². The molecule has 0 atom stereocenters. The third-order valence-electron chi connectivity index (χ3n) is 3.99. The fourth-order valence-corrected chi connectivity index (χ4v) is 2.83. The Labute approximate surface area is 142 Å². The molecule has 0 amide bonds. The zero-order valence-corrected chi connectivity index (χ0v) is 14.4. The highest BCUT2D eigenvalue weighted by Gasteiger charge is 2.21. The van der Waals surface area contributed by atoms with Gasteiger partial charge in [-0.3, -0.25) is 0 Å². The Bertz CT molecular complexity index is 670. The van der Waals surface area contributed by atoms with E-state index < -0.39 is 0 Å². The first-order chi connectivity index (χ1) is 11.7. The minimum atomic E-state index is 0.282. The van der Waals surface area contributed by atoms with Crippen LogP contribution in [-0.2, 0) is 0 Å². The lowest BCUT2D eigenvalue weighted by Gasteiger charge is -2.37. The summed E-state index contributed by atoms with van der Waals surface area (Å²) in [5, 5.41) is 11.3. The topological polar surface area (TPSA) is 66.4 Å². The highest BCUT2D eigenvalue weighted by molar-refractivity contribution is 5.59. The summed E-state index contributed by atoms with van der Waals surface area (Å²) in [6.45, 7) is 7.72. The maximum absolute atomic E-state index is 5.47. The van der Waals surface area contributed by atoms with Gasteiger partial charge in [0.05, 0.1) is 19.0 Å². The van der Waals surface area contributed by atoms with Crippen LogP contribution in [0.4, 0.5) is 17.5 Å². The Morgan fingerprint density at radius 1 is 1.08 bits per heavy atom. The average Bonchev–Trinajstić information content (AvgIpc) is 2.61. The lowest BCUT2D eigenvalue weighted by molar-refractivity contribution is 0.413. The minimum Gasteiger partial charge on any atom is -0.495 e. The van der Waals surface area contributed by atoms with Crippen LogP contribution >= 0.6 is 0 Å². The van der Waals surface area contributed by atoms with Crippen LogP contribution < -0.4 is 19.9 Å². The smallest absolute Gasteiger partial charge is 0.244 e. The van der Waals surface area contributed by atoms with Crippen LogP contribution in [0.25, 0.3) is 0 Å². The number of nitrogens with zero attached hydrogens (tertiary/aromatic N) is 5. The number of piperazine rings is 1. The number of benzene rings is 1. The minimum absolute atomic E-state index is 0.282. The Hall–Kier alpha value is -2.57. The quantitative estimate of drug-likeness (QED) is 0.901. The SMILES string of the molecule is COc1ccccc1N1CCN(c2cnnc(NC(C)C)n2)CC1. The van der Waals surface area contributed by atoms with Gasteiger partial charge in [0.15, 0.2) is 5.82 Å². The second-order valence-electron chi connectivity index (χ2n) is 6.08. The summed E-state index contributed by atoms with van der Waals surface area (Å²) >= 11 is 0. The second-order valence-corrected chi connectivity index (χ2v) is 6.08.